The Morgan fingerprint density at radius 2 is 2.00 bits per heavy atom. The summed E-state index contributed by atoms with van der Waals surface area (Å²) in [7, 11) is 0. The van der Waals surface area contributed by atoms with Crippen molar-refractivity contribution < 1.29 is 29.0 Å². The van der Waals surface area contributed by atoms with Gasteiger partial charge in [0.15, 0.2) is 0 Å². The zero-order valence-corrected chi connectivity index (χ0v) is 8.06. The first-order chi connectivity index (χ1) is 7.01. The van der Waals surface area contributed by atoms with Crippen molar-refractivity contribution in [2.24, 2.45) is 0 Å². The summed E-state index contributed by atoms with van der Waals surface area (Å²) in [5.74, 6) is -4.06. The summed E-state index contributed by atoms with van der Waals surface area (Å²) < 4.78 is 8.84. The molecular formula is C9H10O6. The van der Waals surface area contributed by atoms with E-state index in [1.54, 1.807) is 0 Å². The van der Waals surface area contributed by atoms with E-state index in [1.165, 1.54) is 6.92 Å². The Balaban J connectivity index is 4.73. The van der Waals surface area contributed by atoms with Gasteiger partial charge in [-0.2, -0.15) is 0 Å². The first kappa shape index (κ1) is 12.9. The number of carbonyl (C=O) groups excluding carboxylic acids is 2. The number of carbonyl (C=O) groups is 3. The van der Waals surface area contributed by atoms with E-state index in [-0.39, 0.29) is 6.61 Å². The fourth-order valence-electron chi connectivity index (χ4n) is 0.594. The van der Waals surface area contributed by atoms with Gasteiger partial charge in [-0.05, 0) is 6.92 Å². The van der Waals surface area contributed by atoms with Crippen LogP contribution in [0.25, 0.3) is 0 Å². The average molecular weight is 214 g/mol. The fourth-order valence-corrected chi connectivity index (χ4v) is 0.594. The van der Waals surface area contributed by atoms with E-state index in [1.807, 2.05) is 0 Å². The Bertz CT molecular complexity index is 315. The first-order valence-corrected chi connectivity index (χ1v) is 3.97. The predicted molar refractivity (Wildman–Crippen MR) is 48.6 cm³/mol. The molecule has 0 aliphatic carbocycles. The normalized spacial score (nSPS) is 10.3. The molecule has 0 heterocycles. The lowest BCUT2D eigenvalue weighted by molar-refractivity contribution is -0.149. The van der Waals surface area contributed by atoms with Crippen LogP contribution in [-0.2, 0) is 23.9 Å². The van der Waals surface area contributed by atoms with Crippen molar-refractivity contribution in [3.05, 3.63) is 24.5 Å². The number of rotatable bonds is 5. The van der Waals surface area contributed by atoms with Gasteiger partial charge in [0.25, 0.3) is 0 Å². The third kappa shape index (κ3) is 5.25. The zero-order valence-electron chi connectivity index (χ0n) is 8.06. The number of carboxylic acid groups (broad SMARTS) is 1. The number of ether oxygens (including phenoxy) is 2. The summed E-state index contributed by atoms with van der Waals surface area (Å²) in [6, 6.07) is 0. The third-order valence-electron chi connectivity index (χ3n) is 1.11. The van der Waals surface area contributed by atoms with Gasteiger partial charge in [-0.25, -0.2) is 14.4 Å². The summed E-state index contributed by atoms with van der Waals surface area (Å²) in [4.78, 5) is 32.1. The van der Waals surface area contributed by atoms with Gasteiger partial charge in [-0.15, -0.1) is 0 Å². The second-order valence-corrected chi connectivity index (χ2v) is 2.19. The van der Waals surface area contributed by atoms with E-state index in [2.05, 4.69) is 16.1 Å². The fraction of sp³-hybridized carbons (Fsp3) is 0.222. The Morgan fingerprint density at radius 3 is 2.40 bits per heavy atom. The van der Waals surface area contributed by atoms with Crippen LogP contribution in [0.3, 0.4) is 0 Å². The number of carboxylic acids is 1. The lowest BCUT2D eigenvalue weighted by Gasteiger charge is -2.04. The predicted octanol–water partition coefficient (Wildman–Crippen LogP) is 0.247. The van der Waals surface area contributed by atoms with E-state index >= 15 is 0 Å². The van der Waals surface area contributed by atoms with Gasteiger partial charge in [0.2, 0.25) is 5.76 Å². The minimum Gasteiger partial charge on any atom is -0.478 e. The second kappa shape index (κ2) is 6.36. The van der Waals surface area contributed by atoms with Crippen molar-refractivity contribution in [3.8, 4) is 0 Å². The molecule has 0 aromatic rings. The van der Waals surface area contributed by atoms with Crippen molar-refractivity contribution in [2.75, 3.05) is 6.61 Å². The SMILES string of the molecule is C=CC(=O)OC(=CC(=O)O)C(=O)OCC. The van der Waals surface area contributed by atoms with E-state index in [4.69, 9.17) is 5.11 Å². The first-order valence-electron chi connectivity index (χ1n) is 3.97. The van der Waals surface area contributed by atoms with Crippen molar-refractivity contribution in [3.63, 3.8) is 0 Å². The molecule has 0 aliphatic heterocycles. The van der Waals surface area contributed by atoms with Crippen LogP contribution in [0.15, 0.2) is 24.5 Å². The van der Waals surface area contributed by atoms with E-state index < -0.39 is 23.7 Å². The number of hydrogen-bond acceptors (Lipinski definition) is 5. The van der Waals surface area contributed by atoms with Gasteiger partial charge >= 0.3 is 17.9 Å². The standard InChI is InChI=1S/C9H10O6/c1-3-8(12)15-6(5-7(10)11)9(13)14-4-2/h3,5H,1,4H2,2H3,(H,10,11). The zero-order chi connectivity index (χ0) is 11.8. The van der Waals surface area contributed by atoms with Gasteiger partial charge in [0.05, 0.1) is 12.7 Å². The van der Waals surface area contributed by atoms with Crippen molar-refractivity contribution in [1.29, 1.82) is 0 Å². The molecule has 0 amide bonds. The van der Waals surface area contributed by atoms with Gasteiger partial charge in [-0.1, -0.05) is 6.58 Å². The van der Waals surface area contributed by atoms with Gasteiger partial charge in [0, 0.05) is 6.08 Å². The summed E-state index contributed by atoms with van der Waals surface area (Å²) in [6.45, 7) is 4.67. The molecule has 0 fully saturated rings. The molecule has 0 aromatic carbocycles. The summed E-state index contributed by atoms with van der Waals surface area (Å²) >= 11 is 0. The molecule has 0 saturated heterocycles. The molecule has 0 aromatic heterocycles. The maximum Gasteiger partial charge on any atom is 0.374 e. The molecular weight excluding hydrogens is 204 g/mol. The van der Waals surface area contributed by atoms with Crippen molar-refractivity contribution in [1.82, 2.24) is 0 Å². The van der Waals surface area contributed by atoms with Crippen LogP contribution in [0.2, 0.25) is 0 Å². The highest BCUT2D eigenvalue weighted by atomic mass is 16.6. The molecule has 6 nitrogen and oxygen atoms in total. The molecule has 0 bridgehead atoms. The largest absolute Gasteiger partial charge is 0.478 e. The molecule has 82 valence electrons. The monoisotopic (exact) mass is 214 g/mol. The van der Waals surface area contributed by atoms with Crippen LogP contribution >= 0.6 is 0 Å². The highest BCUT2D eigenvalue weighted by molar-refractivity contribution is 5.97. The summed E-state index contributed by atoms with van der Waals surface area (Å²) in [5, 5.41) is 8.39. The van der Waals surface area contributed by atoms with Crippen LogP contribution in [0, 0.1) is 0 Å². The van der Waals surface area contributed by atoms with Crippen molar-refractivity contribution >= 4 is 17.9 Å². The van der Waals surface area contributed by atoms with Crippen LogP contribution in [0.4, 0.5) is 0 Å². The number of aliphatic carboxylic acids is 1. The Labute approximate surface area is 85.8 Å². The van der Waals surface area contributed by atoms with Gasteiger partial charge < -0.3 is 14.6 Å². The number of hydrogen-bond donors (Lipinski definition) is 1. The summed E-state index contributed by atoms with van der Waals surface area (Å²) in [6.07, 6.45) is 1.24. The lowest BCUT2D eigenvalue weighted by Crippen LogP contribution is -2.14. The minimum absolute atomic E-state index is 0.0431. The minimum atomic E-state index is -1.42. The number of esters is 2. The smallest absolute Gasteiger partial charge is 0.374 e. The highest BCUT2D eigenvalue weighted by Crippen LogP contribution is 2.02. The van der Waals surface area contributed by atoms with E-state index in [0.29, 0.717) is 6.08 Å². The lowest BCUT2D eigenvalue weighted by atomic mass is 10.4. The van der Waals surface area contributed by atoms with Crippen molar-refractivity contribution in [2.45, 2.75) is 6.92 Å². The Kier molecular flexibility index (Phi) is 5.47. The quantitative estimate of drug-likeness (QED) is 0.400. The molecule has 0 spiro atoms. The molecule has 0 saturated carbocycles. The van der Waals surface area contributed by atoms with Gasteiger partial charge in [0.1, 0.15) is 0 Å². The molecule has 0 radical (unpaired) electrons. The Hall–Kier alpha value is -2.11. The average Bonchev–Trinajstić information content (AvgIpc) is 2.16. The molecule has 6 heteroatoms. The van der Waals surface area contributed by atoms with E-state index in [9.17, 15) is 14.4 Å². The Morgan fingerprint density at radius 1 is 1.40 bits per heavy atom. The van der Waals surface area contributed by atoms with E-state index in [0.717, 1.165) is 6.08 Å². The third-order valence-corrected chi connectivity index (χ3v) is 1.11. The second-order valence-electron chi connectivity index (χ2n) is 2.19. The van der Waals surface area contributed by atoms with Gasteiger partial charge in [-0.3, -0.25) is 0 Å². The molecule has 0 unspecified atom stereocenters. The van der Waals surface area contributed by atoms with Crippen LogP contribution in [-0.4, -0.2) is 29.6 Å². The van der Waals surface area contributed by atoms with Crippen LogP contribution < -0.4 is 0 Å². The molecule has 15 heavy (non-hydrogen) atoms. The maximum absolute atomic E-state index is 11.1. The van der Waals surface area contributed by atoms with Crippen LogP contribution in [0.5, 0.6) is 0 Å². The molecule has 0 rings (SSSR count). The summed E-state index contributed by atoms with van der Waals surface area (Å²) in [5.41, 5.74) is 0. The molecule has 0 aliphatic rings. The van der Waals surface area contributed by atoms with Crippen LogP contribution in [0.1, 0.15) is 6.92 Å². The molecule has 1 N–H and O–H groups in total. The maximum atomic E-state index is 11.1. The molecule has 0 atom stereocenters. The highest BCUT2D eigenvalue weighted by Gasteiger charge is 2.16. The topological polar surface area (TPSA) is 89.9 Å².